The average molecular weight is 137 g/mol. The molecule has 9 heavy (non-hydrogen) atoms. The van der Waals surface area contributed by atoms with Crippen molar-refractivity contribution in [2.45, 2.75) is 6.04 Å². The smallest absolute Gasteiger partial charge is 0.113 e. The van der Waals surface area contributed by atoms with Crippen LogP contribution in [0.2, 0.25) is 0 Å². The van der Waals surface area contributed by atoms with E-state index in [1.54, 1.807) is 0 Å². The summed E-state index contributed by atoms with van der Waals surface area (Å²) in [7, 11) is 0. The summed E-state index contributed by atoms with van der Waals surface area (Å²) in [6.07, 6.45) is 0. The van der Waals surface area contributed by atoms with Crippen molar-refractivity contribution in [3.05, 3.63) is 0 Å². The molecule has 0 radical (unpaired) electrons. The van der Waals surface area contributed by atoms with Gasteiger partial charge in [0, 0.05) is 0 Å². The minimum absolute atomic E-state index is 0.0632. The second-order valence-electron chi connectivity index (χ2n) is 1.71. The molecule has 0 bridgehead atoms. The van der Waals surface area contributed by atoms with E-state index in [1.165, 1.54) is 0 Å². The van der Waals surface area contributed by atoms with E-state index in [0.29, 0.717) is 0 Å². The number of hydrogen-bond acceptors (Lipinski definition) is 3. The Morgan fingerprint density at radius 1 is 1.67 bits per heavy atom. The summed E-state index contributed by atoms with van der Waals surface area (Å²) in [5, 5.41) is 8.34. The first-order valence-electron chi connectivity index (χ1n) is 2.81. The second-order valence-corrected chi connectivity index (χ2v) is 1.71. The molecule has 0 heterocycles. The van der Waals surface area contributed by atoms with Gasteiger partial charge >= 0.3 is 0 Å². The third-order valence-corrected chi connectivity index (χ3v) is 0.788. The summed E-state index contributed by atoms with van der Waals surface area (Å²) in [5.41, 5.74) is 5.22. The number of alkyl halides is 1. The fraction of sp³-hybridized carbons (Fsp3) is 1.00. The Balaban J connectivity index is 2.88. The van der Waals surface area contributed by atoms with Gasteiger partial charge in [0.15, 0.2) is 0 Å². The van der Waals surface area contributed by atoms with E-state index in [2.05, 4.69) is 4.74 Å². The SMILES string of the molecule is N[C@@H](CO)COCCF. The third kappa shape index (κ3) is 5.68. The molecule has 3 nitrogen and oxygen atoms in total. The highest BCUT2D eigenvalue weighted by molar-refractivity contribution is 4.55. The van der Waals surface area contributed by atoms with Crippen LogP contribution in [0.15, 0.2) is 0 Å². The zero-order valence-corrected chi connectivity index (χ0v) is 5.22. The van der Waals surface area contributed by atoms with Crippen molar-refractivity contribution < 1.29 is 14.2 Å². The fourth-order valence-electron chi connectivity index (χ4n) is 0.342. The van der Waals surface area contributed by atoms with E-state index in [-0.39, 0.29) is 25.9 Å². The molecule has 0 aromatic carbocycles. The van der Waals surface area contributed by atoms with Gasteiger partial charge in [0.05, 0.1) is 25.9 Å². The molecule has 3 N–H and O–H groups in total. The van der Waals surface area contributed by atoms with Crippen molar-refractivity contribution in [3.8, 4) is 0 Å². The molecule has 0 unspecified atom stereocenters. The minimum atomic E-state index is -0.502. The molecule has 0 aromatic heterocycles. The molecule has 4 heteroatoms. The van der Waals surface area contributed by atoms with Gasteiger partial charge in [-0.25, -0.2) is 4.39 Å². The molecule has 56 valence electrons. The first kappa shape index (κ1) is 8.81. The maximum absolute atomic E-state index is 11.3. The molecule has 0 aliphatic heterocycles. The number of ether oxygens (including phenoxy) is 1. The van der Waals surface area contributed by atoms with Crippen molar-refractivity contribution in [2.24, 2.45) is 5.73 Å². The Bertz CT molecular complexity index is 62.9. The maximum Gasteiger partial charge on any atom is 0.113 e. The summed E-state index contributed by atoms with van der Waals surface area (Å²) in [5.74, 6) is 0. The number of aliphatic hydroxyl groups is 1. The van der Waals surface area contributed by atoms with E-state index < -0.39 is 6.67 Å². The average Bonchev–Trinajstić information content (AvgIpc) is 1.89. The molecule has 1 atom stereocenters. The van der Waals surface area contributed by atoms with Gasteiger partial charge in [-0.05, 0) is 0 Å². The first-order chi connectivity index (χ1) is 4.31. The highest BCUT2D eigenvalue weighted by Gasteiger charge is 1.97. The predicted octanol–water partition coefficient (Wildman–Crippen LogP) is -0.708. The fourth-order valence-corrected chi connectivity index (χ4v) is 0.342. The van der Waals surface area contributed by atoms with Crippen LogP contribution in [0.4, 0.5) is 4.39 Å². The van der Waals surface area contributed by atoms with E-state index in [4.69, 9.17) is 10.8 Å². The van der Waals surface area contributed by atoms with Crippen molar-refractivity contribution >= 4 is 0 Å². The van der Waals surface area contributed by atoms with Crippen molar-refractivity contribution in [1.82, 2.24) is 0 Å². The molecule has 0 amide bonds. The van der Waals surface area contributed by atoms with Crippen LogP contribution in [0.25, 0.3) is 0 Å². The lowest BCUT2D eigenvalue weighted by molar-refractivity contribution is 0.0906. The van der Waals surface area contributed by atoms with Gasteiger partial charge in [0.2, 0.25) is 0 Å². The Morgan fingerprint density at radius 3 is 2.78 bits per heavy atom. The summed E-state index contributed by atoms with van der Waals surface area (Å²) in [6.45, 7) is -0.335. The van der Waals surface area contributed by atoms with Crippen LogP contribution >= 0.6 is 0 Å². The van der Waals surface area contributed by atoms with Crippen LogP contribution < -0.4 is 5.73 Å². The highest BCUT2D eigenvalue weighted by atomic mass is 19.1. The maximum atomic E-state index is 11.3. The lowest BCUT2D eigenvalue weighted by Gasteiger charge is -2.06. The first-order valence-corrected chi connectivity index (χ1v) is 2.81. The Kier molecular flexibility index (Phi) is 5.81. The molecular weight excluding hydrogens is 125 g/mol. The number of rotatable bonds is 5. The minimum Gasteiger partial charge on any atom is -0.395 e. The van der Waals surface area contributed by atoms with Crippen LogP contribution in [-0.2, 0) is 4.74 Å². The Morgan fingerprint density at radius 2 is 2.33 bits per heavy atom. The van der Waals surface area contributed by atoms with Gasteiger partial charge in [0.25, 0.3) is 0 Å². The van der Waals surface area contributed by atoms with E-state index >= 15 is 0 Å². The van der Waals surface area contributed by atoms with Crippen LogP contribution in [0, 0.1) is 0 Å². The number of aliphatic hydroxyl groups excluding tert-OH is 1. The number of halogens is 1. The summed E-state index contributed by atoms with van der Waals surface area (Å²) >= 11 is 0. The predicted molar refractivity (Wildman–Crippen MR) is 31.9 cm³/mol. The van der Waals surface area contributed by atoms with Gasteiger partial charge in [-0.3, -0.25) is 0 Å². The van der Waals surface area contributed by atoms with Gasteiger partial charge < -0.3 is 15.6 Å². The van der Waals surface area contributed by atoms with Crippen molar-refractivity contribution in [3.63, 3.8) is 0 Å². The van der Waals surface area contributed by atoms with E-state index in [1.807, 2.05) is 0 Å². The standard InChI is InChI=1S/C5H12FNO2/c6-1-2-9-4-5(7)3-8/h5,8H,1-4,7H2/t5-/m0/s1. The van der Waals surface area contributed by atoms with Crippen LogP contribution in [0.3, 0.4) is 0 Å². The van der Waals surface area contributed by atoms with Gasteiger partial charge in [-0.2, -0.15) is 0 Å². The lowest BCUT2D eigenvalue weighted by Crippen LogP contribution is -2.30. The van der Waals surface area contributed by atoms with Crippen LogP contribution in [-0.4, -0.2) is 37.6 Å². The van der Waals surface area contributed by atoms with Gasteiger partial charge in [0.1, 0.15) is 6.67 Å². The Labute approximate surface area is 53.6 Å². The molecule has 0 aromatic rings. The normalized spacial score (nSPS) is 13.7. The van der Waals surface area contributed by atoms with E-state index in [0.717, 1.165) is 0 Å². The van der Waals surface area contributed by atoms with Gasteiger partial charge in [-0.1, -0.05) is 0 Å². The quantitative estimate of drug-likeness (QED) is 0.492. The molecule has 0 aliphatic carbocycles. The largest absolute Gasteiger partial charge is 0.395 e. The monoisotopic (exact) mass is 137 g/mol. The molecule has 0 saturated carbocycles. The molecular formula is C5H12FNO2. The van der Waals surface area contributed by atoms with Crippen LogP contribution in [0.5, 0.6) is 0 Å². The lowest BCUT2D eigenvalue weighted by atomic mass is 10.4. The summed E-state index contributed by atoms with van der Waals surface area (Å²) < 4.78 is 16.0. The number of nitrogens with two attached hydrogens (primary N) is 1. The zero-order valence-electron chi connectivity index (χ0n) is 5.22. The molecule has 0 spiro atoms. The van der Waals surface area contributed by atoms with E-state index in [9.17, 15) is 4.39 Å². The molecule has 0 rings (SSSR count). The Hall–Kier alpha value is -0.190. The topological polar surface area (TPSA) is 55.5 Å². The second kappa shape index (κ2) is 5.94. The van der Waals surface area contributed by atoms with Crippen LogP contribution in [0.1, 0.15) is 0 Å². The summed E-state index contributed by atoms with van der Waals surface area (Å²) in [4.78, 5) is 0. The zero-order chi connectivity index (χ0) is 7.11. The highest BCUT2D eigenvalue weighted by Crippen LogP contribution is 1.80. The van der Waals surface area contributed by atoms with Crippen molar-refractivity contribution in [1.29, 1.82) is 0 Å². The van der Waals surface area contributed by atoms with Crippen molar-refractivity contribution in [2.75, 3.05) is 26.5 Å². The molecule has 0 saturated heterocycles. The molecule has 0 aliphatic rings. The van der Waals surface area contributed by atoms with Gasteiger partial charge in [-0.15, -0.1) is 0 Å². The number of hydrogen-bond donors (Lipinski definition) is 2. The third-order valence-electron chi connectivity index (χ3n) is 0.788. The molecule has 0 fully saturated rings. The summed E-state index contributed by atoms with van der Waals surface area (Å²) in [6, 6.07) is -0.378.